The van der Waals surface area contributed by atoms with Crippen molar-refractivity contribution in [2.45, 2.75) is 26.3 Å². The second-order valence-corrected chi connectivity index (χ2v) is 4.65. The summed E-state index contributed by atoms with van der Waals surface area (Å²) in [5.74, 6) is 0.794. The molecule has 2 rings (SSSR count). The zero-order valence-electron chi connectivity index (χ0n) is 10.5. The molecule has 0 unspecified atom stereocenters. The Kier molecular flexibility index (Phi) is 4.15. The highest BCUT2D eigenvalue weighted by atomic mass is 35.5. The summed E-state index contributed by atoms with van der Waals surface area (Å²) < 4.78 is 0. The minimum Gasteiger partial charge on any atom is -0.362 e. The lowest BCUT2D eigenvalue weighted by Gasteiger charge is -2.17. The summed E-state index contributed by atoms with van der Waals surface area (Å²) >= 11 is 5.89. The number of rotatable bonds is 4. The second-order valence-electron chi connectivity index (χ2n) is 4.22. The molecule has 18 heavy (non-hydrogen) atoms. The van der Waals surface area contributed by atoms with Crippen molar-refractivity contribution in [3.05, 3.63) is 52.7 Å². The molecule has 0 aliphatic heterocycles. The zero-order chi connectivity index (χ0) is 13.0. The molecule has 1 N–H and O–H groups in total. The summed E-state index contributed by atoms with van der Waals surface area (Å²) in [6, 6.07) is 12.0. The van der Waals surface area contributed by atoms with E-state index in [-0.39, 0.29) is 6.04 Å². The molecule has 0 amide bonds. The van der Waals surface area contributed by atoms with Crippen molar-refractivity contribution in [3.63, 3.8) is 0 Å². The van der Waals surface area contributed by atoms with E-state index < -0.39 is 0 Å². The van der Waals surface area contributed by atoms with Crippen LogP contribution in [0.1, 0.15) is 30.6 Å². The fourth-order valence-electron chi connectivity index (χ4n) is 1.77. The third kappa shape index (κ3) is 3.20. The van der Waals surface area contributed by atoms with Crippen molar-refractivity contribution in [2.24, 2.45) is 0 Å². The highest BCUT2D eigenvalue weighted by Gasteiger charge is 2.09. The molecule has 0 aliphatic carbocycles. The Morgan fingerprint density at radius 1 is 1.11 bits per heavy atom. The molecule has 0 fully saturated rings. The van der Waals surface area contributed by atoms with Crippen LogP contribution in [0, 0.1) is 6.92 Å². The minimum absolute atomic E-state index is 0.222. The lowest BCUT2D eigenvalue weighted by molar-refractivity contribution is 0.739. The molecule has 0 saturated heterocycles. The second kappa shape index (κ2) is 5.83. The zero-order valence-corrected chi connectivity index (χ0v) is 11.3. The van der Waals surface area contributed by atoms with Gasteiger partial charge in [-0.3, -0.25) is 0 Å². The highest BCUT2D eigenvalue weighted by molar-refractivity contribution is 6.30. The van der Waals surface area contributed by atoms with E-state index >= 15 is 0 Å². The van der Waals surface area contributed by atoms with E-state index in [1.807, 2.05) is 43.3 Å². The Bertz CT molecular complexity index is 493. The largest absolute Gasteiger partial charge is 0.362 e. The maximum absolute atomic E-state index is 5.89. The monoisotopic (exact) mass is 261 g/mol. The van der Waals surface area contributed by atoms with Crippen LogP contribution in [0.2, 0.25) is 5.02 Å². The molecular weight excluding hydrogens is 246 g/mol. The number of nitrogens with zero attached hydrogens (tertiary/aromatic N) is 2. The number of benzene rings is 1. The van der Waals surface area contributed by atoms with Crippen LogP contribution in [0.4, 0.5) is 5.82 Å². The first-order valence-corrected chi connectivity index (χ1v) is 6.39. The Hall–Kier alpha value is -1.61. The molecule has 3 nitrogen and oxygen atoms in total. The molecule has 1 aromatic heterocycles. The summed E-state index contributed by atoms with van der Waals surface area (Å²) in [5.41, 5.74) is 2.12. The Morgan fingerprint density at radius 3 is 2.39 bits per heavy atom. The van der Waals surface area contributed by atoms with Crippen LogP contribution in [0.3, 0.4) is 0 Å². The van der Waals surface area contributed by atoms with Crippen LogP contribution in [0.5, 0.6) is 0 Å². The third-order valence-corrected chi connectivity index (χ3v) is 3.05. The van der Waals surface area contributed by atoms with Gasteiger partial charge in [-0.1, -0.05) is 30.7 Å². The fourth-order valence-corrected chi connectivity index (χ4v) is 1.90. The molecular formula is C14H16ClN3. The van der Waals surface area contributed by atoms with Gasteiger partial charge in [0.15, 0.2) is 0 Å². The van der Waals surface area contributed by atoms with E-state index in [1.54, 1.807) is 0 Å². The fraction of sp³-hybridized carbons (Fsp3) is 0.286. The van der Waals surface area contributed by atoms with Crippen molar-refractivity contribution in [3.8, 4) is 0 Å². The number of nitrogens with one attached hydrogen (secondary N) is 1. The molecule has 4 heteroatoms. The molecule has 0 saturated carbocycles. The van der Waals surface area contributed by atoms with Crippen molar-refractivity contribution < 1.29 is 0 Å². The van der Waals surface area contributed by atoms with E-state index in [0.717, 1.165) is 23.0 Å². The molecule has 0 radical (unpaired) electrons. The Labute approximate surface area is 112 Å². The summed E-state index contributed by atoms with van der Waals surface area (Å²) in [4.78, 5) is 0. The first kappa shape index (κ1) is 12.8. The van der Waals surface area contributed by atoms with E-state index in [1.165, 1.54) is 5.56 Å². The average molecular weight is 262 g/mol. The highest BCUT2D eigenvalue weighted by Crippen LogP contribution is 2.22. The van der Waals surface area contributed by atoms with Gasteiger partial charge in [0.25, 0.3) is 0 Å². The van der Waals surface area contributed by atoms with Gasteiger partial charge in [0.05, 0.1) is 11.7 Å². The van der Waals surface area contributed by atoms with Crippen molar-refractivity contribution in [2.75, 3.05) is 5.32 Å². The third-order valence-electron chi connectivity index (χ3n) is 2.80. The number of aryl methyl sites for hydroxylation is 1. The van der Waals surface area contributed by atoms with Gasteiger partial charge < -0.3 is 5.32 Å². The van der Waals surface area contributed by atoms with E-state index in [2.05, 4.69) is 22.4 Å². The van der Waals surface area contributed by atoms with Gasteiger partial charge in [0.2, 0.25) is 0 Å². The number of halogens is 1. The van der Waals surface area contributed by atoms with E-state index in [4.69, 9.17) is 11.6 Å². The molecule has 0 aliphatic rings. The summed E-state index contributed by atoms with van der Waals surface area (Å²) in [5, 5.41) is 12.3. The van der Waals surface area contributed by atoms with Crippen LogP contribution in [0.25, 0.3) is 0 Å². The summed E-state index contributed by atoms with van der Waals surface area (Å²) in [7, 11) is 0. The minimum atomic E-state index is 0.222. The predicted octanol–water partition coefficient (Wildman–Crippen LogP) is 4.00. The van der Waals surface area contributed by atoms with E-state index in [0.29, 0.717) is 0 Å². The average Bonchev–Trinajstić information content (AvgIpc) is 2.39. The van der Waals surface area contributed by atoms with Crippen LogP contribution >= 0.6 is 11.6 Å². The number of anilines is 1. The van der Waals surface area contributed by atoms with Gasteiger partial charge in [-0.25, -0.2) is 0 Å². The van der Waals surface area contributed by atoms with Crippen LogP contribution in [0.15, 0.2) is 36.4 Å². The molecule has 94 valence electrons. The molecule has 2 aromatic rings. The topological polar surface area (TPSA) is 37.8 Å². The normalized spacial score (nSPS) is 12.2. The Balaban J connectivity index is 2.14. The molecule has 1 aromatic carbocycles. The molecule has 1 atom stereocenters. The van der Waals surface area contributed by atoms with Crippen molar-refractivity contribution in [1.82, 2.24) is 10.2 Å². The van der Waals surface area contributed by atoms with Crippen LogP contribution in [-0.4, -0.2) is 10.2 Å². The lowest BCUT2D eigenvalue weighted by Crippen LogP contribution is -2.11. The van der Waals surface area contributed by atoms with Gasteiger partial charge in [-0.2, -0.15) is 5.10 Å². The van der Waals surface area contributed by atoms with E-state index in [9.17, 15) is 0 Å². The smallest absolute Gasteiger partial charge is 0.149 e. The summed E-state index contributed by atoms with van der Waals surface area (Å²) in [6.07, 6.45) is 0.969. The number of hydrogen-bond donors (Lipinski definition) is 1. The van der Waals surface area contributed by atoms with Gasteiger partial charge in [-0.15, -0.1) is 5.10 Å². The lowest BCUT2D eigenvalue weighted by atomic mass is 10.0. The maximum Gasteiger partial charge on any atom is 0.149 e. The first-order valence-electron chi connectivity index (χ1n) is 6.01. The maximum atomic E-state index is 5.89. The van der Waals surface area contributed by atoms with Crippen LogP contribution in [-0.2, 0) is 0 Å². The van der Waals surface area contributed by atoms with Gasteiger partial charge in [0.1, 0.15) is 5.82 Å². The van der Waals surface area contributed by atoms with Crippen LogP contribution < -0.4 is 5.32 Å². The SMILES string of the molecule is CC[C@H](Nc1ccc(C)nn1)c1ccc(Cl)cc1. The first-order chi connectivity index (χ1) is 8.69. The molecule has 0 bridgehead atoms. The van der Waals surface area contributed by atoms with Crippen molar-refractivity contribution in [1.29, 1.82) is 0 Å². The molecule has 0 spiro atoms. The predicted molar refractivity (Wildman–Crippen MR) is 74.9 cm³/mol. The quantitative estimate of drug-likeness (QED) is 0.904. The standard InChI is InChI=1S/C14H16ClN3/c1-3-13(11-5-7-12(15)8-6-11)16-14-9-4-10(2)17-18-14/h4-9,13H,3H2,1-2H3,(H,16,18)/t13-/m0/s1. The molecule has 1 heterocycles. The number of aromatic nitrogens is 2. The van der Waals surface area contributed by atoms with Gasteiger partial charge in [-0.05, 0) is 43.2 Å². The van der Waals surface area contributed by atoms with Gasteiger partial charge >= 0.3 is 0 Å². The Morgan fingerprint density at radius 2 is 1.83 bits per heavy atom. The van der Waals surface area contributed by atoms with Crippen molar-refractivity contribution >= 4 is 17.4 Å². The number of hydrogen-bond acceptors (Lipinski definition) is 3. The van der Waals surface area contributed by atoms with Gasteiger partial charge in [0, 0.05) is 5.02 Å². The summed E-state index contributed by atoms with van der Waals surface area (Å²) in [6.45, 7) is 4.06.